The molecule has 1 N–H and O–H groups in total. The van der Waals surface area contributed by atoms with Crippen LogP contribution in [0.5, 0.6) is 0 Å². The van der Waals surface area contributed by atoms with E-state index in [-0.39, 0.29) is 0 Å². The first-order valence-electron chi connectivity index (χ1n) is 7.02. The Morgan fingerprint density at radius 3 is 2.95 bits per heavy atom. The third-order valence-corrected chi connectivity index (χ3v) is 6.16. The number of thiazole rings is 1. The van der Waals surface area contributed by atoms with Crippen LogP contribution in [0.1, 0.15) is 43.3 Å². The van der Waals surface area contributed by atoms with Crippen LogP contribution < -0.4 is 5.32 Å². The molecule has 2 heterocycles. The Hall–Kier alpha value is -0.550. The molecule has 1 saturated heterocycles. The van der Waals surface area contributed by atoms with Gasteiger partial charge in [0.2, 0.25) is 0 Å². The smallest absolute Gasteiger partial charge is 0.157 e. The van der Waals surface area contributed by atoms with Gasteiger partial charge in [0.1, 0.15) is 0 Å². The summed E-state index contributed by atoms with van der Waals surface area (Å²) in [5, 5.41) is 8.05. The zero-order valence-electron chi connectivity index (χ0n) is 11.6. The fourth-order valence-electron chi connectivity index (χ4n) is 2.81. The quantitative estimate of drug-likeness (QED) is 0.906. The molecule has 5 heteroatoms. The molecule has 1 aromatic rings. The van der Waals surface area contributed by atoms with E-state index in [2.05, 4.69) is 27.6 Å². The minimum absolute atomic E-state index is 0.341. The van der Waals surface area contributed by atoms with Crippen LogP contribution in [0.15, 0.2) is 10.4 Å². The molecule has 1 saturated carbocycles. The zero-order chi connectivity index (χ0) is 13.3. The van der Waals surface area contributed by atoms with Gasteiger partial charge in [0, 0.05) is 16.7 Å². The van der Waals surface area contributed by atoms with Crippen molar-refractivity contribution in [1.29, 1.82) is 0 Å². The van der Waals surface area contributed by atoms with Crippen molar-refractivity contribution in [2.75, 3.05) is 5.75 Å². The van der Waals surface area contributed by atoms with Gasteiger partial charge in [-0.3, -0.25) is 4.99 Å². The van der Waals surface area contributed by atoms with E-state index in [0.29, 0.717) is 12.1 Å². The number of thioether (sulfide) groups is 1. The number of aliphatic imine (C=N–C) groups is 1. The van der Waals surface area contributed by atoms with Crippen LogP contribution >= 0.6 is 23.1 Å². The van der Waals surface area contributed by atoms with Gasteiger partial charge in [-0.25, -0.2) is 4.98 Å². The van der Waals surface area contributed by atoms with Crippen molar-refractivity contribution < 1.29 is 0 Å². The van der Waals surface area contributed by atoms with Crippen molar-refractivity contribution in [3.63, 3.8) is 0 Å². The molecule has 1 aliphatic carbocycles. The van der Waals surface area contributed by atoms with Gasteiger partial charge >= 0.3 is 0 Å². The Kier molecular flexibility index (Phi) is 3.85. The second-order valence-electron chi connectivity index (χ2n) is 5.86. The maximum atomic E-state index is 4.69. The lowest BCUT2D eigenvalue weighted by Gasteiger charge is -2.35. The normalized spacial score (nSPS) is 32.9. The lowest BCUT2D eigenvalue weighted by molar-refractivity contribution is 0.251. The summed E-state index contributed by atoms with van der Waals surface area (Å²) in [6.07, 6.45) is 5.31. The number of nitrogens with zero attached hydrogens (tertiary/aromatic N) is 2. The number of rotatable bonds is 2. The Morgan fingerprint density at radius 2 is 2.26 bits per heavy atom. The van der Waals surface area contributed by atoms with E-state index in [1.807, 2.05) is 18.7 Å². The standard InChI is InChI=1S/C14H21N3S2/c1-10-3-5-14(6-4-10)9-19-13(17-14)15-7-12-8-18-11(2)16-12/h8,10H,3-7,9H2,1-2H3,(H,15,17). The predicted octanol–water partition coefficient (Wildman–Crippen LogP) is 3.59. The molecule has 3 nitrogen and oxygen atoms in total. The van der Waals surface area contributed by atoms with Gasteiger partial charge in [-0.1, -0.05) is 18.7 Å². The summed E-state index contributed by atoms with van der Waals surface area (Å²) >= 11 is 3.59. The van der Waals surface area contributed by atoms with Crippen LogP contribution in [0.2, 0.25) is 0 Å². The van der Waals surface area contributed by atoms with Gasteiger partial charge in [0.15, 0.2) is 5.17 Å². The van der Waals surface area contributed by atoms with Crippen molar-refractivity contribution in [1.82, 2.24) is 10.3 Å². The Balaban J connectivity index is 1.59. The van der Waals surface area contributed by atoms with Crippen molar-refractivity contribution >= 4 is 28.3 Å². The summed E-state index contributed by atoms with van der Waals surface area (Å²) in [4.78, 5) is 9.15. The number of amidine groups is 1. The second-order valence-corrected chi connectivity index (χ2v) is 7.88. The first-order valence-corrected chi connectivity index (χ1v) is 8.88. The number of nitrogens with one attached hydrogen (secondary N) is 1. The molecule has 104 valence electrons. The summed E-state index contributed by atoms with van der Waals surface area (Å²) in [6, 6.07) is 0. The molecule has 0 unspecified atom stereocenters. The average molecular weight is 295 g/mol. The summed E-state index contributed by atoms with van der Waals surface area (Å²) in [5.74, 6) is 2.09. The summed E-state index contributed by atoms with van der Waals surface area (Å²) in [6.45, 7) is 5.13. The average Bonchev–Trinajstić information content (AvgIpc) is 2.99. The number of hydrogen-bond donors (Lipinski definition) is 1. The molecule has 2 aliphatic rings. The zero-order valence-corrected chi connectivity index (χ0v) is 13.2. The molecule has 1 spiro atoms. The highest BCUT2D eigenvalue weighted by atomic mass is 32.2. The van der Waals surface area contributed by atoms with Crippen LogP contribution in [0, 0.1) is 12.8 Å². The van der Waals surface area contributed by atoms with Gasteiger partial charge in [0.05, 0.1) is 17.2 Å². The molecule has 2 fully saturated rings. The van der Waals surface area contributed by atoms with Crippen LogP contribution in [-0.2, 0) is 6.54 Å². The van der Waals surface area contributed by atoms with Crippen LogP contribution in [-0.4, -0.2) is 21.4 Å². The minimum atomic E-state index is 0.341. The first-order chi connectivity index (χ1) is 9.15. The van der Waals surface area contributed by atoms with E-state index in [0.717, 1.165) is 21.8 Å². The Morgan fingerprint density at radius 1 is 1.47 bits per heavy atom. The van der Waals surface area contributed by atoms with Crippen LogP contribution in [0.4, 0.5) is 0 Å². The number of aryl methyl sites for hydroxylation is 1. The molecular weight excluding hydrogens is 274 g/mol. The fraction of sp³-hybridized carbons (Fsp3) is 0.714. The first kappa shape index (κ1) is 13.4. The highest BCUT2D eigenvalue weighted by Gasteiger charge is 2.39. The van der Waals surface area contributed by atoms with E-state index in [9.17, 15) is 0 Å². The van der Waals surface area contributed by atoms with Gasteiger partial charge in [0.25, 0.3) is 0 Å². The van der Waals surface area contributed by atoms with Crippen molar-refractivity contribution in [2.45, 2.75) is 51.6 Å². The van der Waals surface area contributed by atoms with Gasteiger partial charge in [-0.2, -0.15) is 0 Å². The fourth-order valence-corrected chi connectivity index (χ4v) is 4.63. The molecule has 3 rings (SSSR count). The monoisotopic (exact) mass is 295 g/mol. The highest BCUT2D eigenvalue weighted by molar-refractivity contribution is 8.14. The summed E-state index contributed by atoms with van der Waals surface area (Å²) in [5.41, 5.74) is 1.43. The molecule has 1 aromatic heterocycles. The predicted molar refractivity (Wildman–Crippen MR) is 83.9 cm³/mol. The number of hydrogen-bond acceptors (Lipinski definition) is 4. The van der Waals surface area contributed by atoms with Crippen molar-refractivity contribution in [3.05, 3.63) is 16.1 Å². The minimum Gasteiger partial charge on any atom is -0.359 e. The maximum absolute atomic E-state index is 4.69. The Labute approximate surface area is 123 Å². The lowest BCUT2D eigenvalue weighted by Crippen LogP contribution is -2.46. The summed E-state index contributed by atoms with van der Waals surface area (Å²) in [7, 11) is 0. The second kappa shape index (κ2) is 5.44. The molecule has 0 aromatic carbocycles. The SMILES string of the molecule is Cc1nc(CN=C2NC3(CCC(C)CC3)CS2)cs1. The highest BCUT2D eigenvalue weighted by Crippen LogP contribution is 2.38. The molecule has 0 amide bonds. The third-order valence-electron chi connectivity index (χ3n) is 4.14. The molecule has 1 aliphatic heterocycles. The van der Waals surface area contributed by atoms with Crippen molar-refractivity contribution in [3.8, 4) is 0 Å². The molecule has 0 radical (unpaired) electrons. The maximum Gasteiger partial charge on any atom is 0.157 e. The van der Waals surface area contributed by atoms with Crippen LogP contribution in [0.3, 0.4) is 0 Å². The van der Waals surface area contributed by atoms with Crippen LogP contribution in [0.25, 0.3) is 0 Å². The lowest BCUT2D eigenvalue weighted by atomic mass is 9.78. The summed E-state index contributed by atoms with van der Waals surface area (Å²) < 4.78 is 0. The molecule has 19 heavy (non-hydrogen) atoms. The van der Waals surface area contributed by atoms with Gasteiger partial charge in [-0.15, -0.1) is 11.3 Å². The molecule has 0 bridgehead atoms. The Bertz CT molecular complexity index is 473. The topological polar surface area (TPSA) is 37.3 Å². The van der Waals surface area contributed by atoms with E-state index in [1.165, 1.54) is 31.4 Å². The van der Waals surface area contributed by atoms with E-state index in [1.54, 1.807) is 11.3 Å². The van der Waals surface area contributed by atoms with Crippen molar-refractivity contribution in [2.24, 2.45) is 10.9 Å². The van der Waals surface area contributed by atoms with Gasteiger partial charge in [-0.05, 0) is 38.5 Å². The number of aromatic nitrogens is 1. The molecule has 0 atom stereocenters. The largest absolute Gasteiger partial charge is 0.359 e. The van der Waals surface area contributed by atoms with Gasteiger partial charge < -0.3 is 5.32 Å². The van der Waals surface area contributed by atoms with E-state index in [4.69, 9.17) is 0 Å². The third kappa shape index (κ3) is 3.14. The van der Waals surface area contributed by atoms with E-state index >= 15 is 0 Å². The molecular formula is C14H21N3S2. The van der Waals surface area contributed by atoms with E-state index < -0.39 is 0 Å².